The Morgan fingerprint density at radius 3 is 2.07 bits per heavy atom. The first-order valence-electron chi connectivity index (χ1n) is 10.6. The van der Waals surface area contributed by atoms with Crippen LogP contribution in [0.5, 0.6) is 0 Å². The molecule has 152 valence electrons. The van der Waals surface area contributed by atoms with Crippen LogP contribution in [0.2, 0.25) is 12.6 Å². The molecule has 1 atom stereocenters. The molecule has 2 amide bonds. The number of benzene rings is 3. The highest BCUT2D eigenvalue weighted by molar-refractivity contribution is 7.01. The van der Waals surface area contributed by atoms with Crippen LogP contribution < -0.4 is 15.7 Å². The first kappa shape index (κ1) is 20.3. The minimum Gasteiger partial charge on any atom is -0.296 e. The average Bonchev–Trinajstić information content (AvgIpc) is 3.23. The molecule has 4 heteroatoms. The highest BCUT2D eigenvalue weighted by Crippen LogP contribution is 2.32. The van der Waals surface area contributed by atoms with Gasteiger partial charge >= 0.3 is 0 Å². The second kappa shape index (κ2) is 8.80. The lowest BCUT2D eigenvalue weighted by Gasteiger charge is -2.28. The Morgan fingerprint density at radius 2 is 1.43 bits per heavy atom. The fraction of sp³-hybridized carbons (Fsp3) is 0.231. The van der Waals surface area contributed by atoms with Crippen molar-refractivity contribution in [1.29, 1.82) is 0 Å². The summed E-state index contributed by atoms with van der Waals surface area (Å²) in [4.78, 5) is 25.5. The Kier molecular flexibility index (Phi) is 5.95. The number of aryl methyl sites for hydroxylation is 1. The molecule has 4 rings (SSSR count). The van der Waals surface area contributed by atoms with Crippen LogP contribution in [0.25, 0.3) is 0 Å². The maximum atomic E-state index is 12.8. The van der Waals surface area contributed by atoms with Gasteiger partial charge in [0.15, 0.2) is 0 Å². The molecule has 1 N–H and O–H groups in total. The van der Waals surface area contributed by atoms with E-state index in [1.54, 1.807) is 0 Å². The molecule has 1 aliphatic rings. The summed E-state index contributed by atoms with van der Waals surface area (Å²) in [6.45, 7) is 2.31. The van der Waals surface area contributed by atoms with Gasteiger partial charge in [-0.15, -0.1) is 0 Å². The van der Waals surface area contributed by atoms with E-state index in [0.717, 1.165) is 24.4 Å². The predicted molar refractivity (Wildman–Crippen MR) is 124 cm³/mol. The topological polar surface area (TPSA) is 46.2 Å². The second-order valence-electron chi connectivity index (χ2n) is 8.27. The largest absolute Gasteiger partial charge is 0.296 e. The Bertz CT molecular complexity index is 994. The number of nitrogens with one attached hydrogen (secondary N) is 1. The summed E-state index contributed by atoms with van der Waals surface area (Å²) < 4.78 is 0. The van der Waals surface area contributed by atoms with E-state index in [1.165, 1.54) is 15.9 Å². The average molecular weight is 414 g/mol. The molecule has 1 unspecified atom stereocenters. The molecule has 0 aromatic heterocycles. The van der Waals surface area contributed by atoms with Crippen LogP contribution in [-0.2, 0) is 16.0 Å². The van der Waals surface area contributed by atoms with Crippen LogP contribution in [0, 0.1) is 0 Å². The van der Waals surface area contributed by atoms with Crippen molar-refractivity contribution in [3.8, 4) is 0 Å². The van der Waals surface area contributed by atoms with Gasteiger partial charge in [0.25, 0.3) is 0 Å². The molecule has 3 nitrogen and oxygen atoms in total. The van der Waals surface area contributed by atoms with Gasteiger partial charge in [-0.05, 0) is 30.0 Å². The number of amides is 2. The number of hydrogen-bond acceptors (Lipinski definition) is 2. The molecule has 0 heterocycles. The van der Waals surface area contributed by atoms with Crippen LogP contribution in [0.3, 0.4) is 0 Å². The third kappa shape index (κ3) is 4.14. The molecule has 3 aromatic rings. The van der Waals surface area contributed by atoms with E-state index in [-0.39, 0.29) is 17.7 Å². The molecule has 0 fully saturated rings. The van der Waals surface area contributed by atoms with Crippen LogP contribution in [-0.4, -0.2) is 19.9 Å². The van der Waals surface area contributed by atoms with Gasteiger partial charge in [-0.2, -0.15) is 0 Å². The Hall–Kier alpha value is -2.98. The molecule has 30 heavy (non-hydrogen) atoms. The SMILES string of the molecule is C[Si](CCC(=O)NC(=O)C1CCc2ccccc21)(c1ccccc1)c1ccccc1. The zero-order valence-corrected chi connectivity index (χ0v) is 18.3. The molecule has 0 spiro atoms. The normalized spacial score (nSPS) is 15.4. The lowest BCUT2D eigenvalue weighted by Crippen LogP contribution is -2.56. The van der Waals surface area contributed by atoms with E-state index < -0.39 is 8.07 Å². The van der Waals surface area contributed by atoms with Crippen LogP contribution in [0.15, 0.2) is 84.9 Å². The minimum absolute atomic E-state index is 0.159. The number of fused-ring (bicyclic) bond motifs is 1. The minimum atomic E-state index is -2.08. The maximum Gasteiger partial charge on any atom is 0.234 e. The lowest BCUT2D eigenvalue weighted by atomic mass is 10.0. The molecule has 1 aliphatic carbocycles. The smallest absolute Gasteiger partial charge is 0.234 e. The molecule has 0 saturated carbocycles. The van der Waals surface area contributed by atoms with Crippen LogP contribution >= 0.6 is 0 Å². The standard InChI is InChI=1S/C26H27NO2Si/c1-30(21-11-4-2-5-12-21,22-13-6-3-7-14-22)19-18-25(28)27-26(29)24-17-16-20-10-8-9-15-23(20)24/h2-15,24H,16-19H2,1H3,(H,27,28,29). The predicted octanol–water partition coefficient (Wildman–Crippen LogP) is 3.64. The summed E-state index contributed by atoms with van der Waals surface area (Å²) in [7, 11) is -2.08. The van der Waals surface area contributed by atoms with E-state index in [0.29, 0.717) is 6.42 Å². The summed E-state index contributed by atoms with van der Waals surface area (Å²) in [5, 5.41) is 5.29. The van der Waals surface area contributed by atoms with Gasteiger partial charge in [0.2, 0.25) is 11.8 Å². The van der Waals surface area contributed by atoms with E-state index >= 15 is 0 Å². The van der Waals surface area contributed by atoms with E-state index in [1.807, 2.05) is 30.3 Å². The van der Waals surface area contributed by atoms with E-state index in [4.69, 9.17) is 0 Å². The molecule has 0 radical (unpaired) electrons. The number of rotatable bonds is 6. The fourth-order valence-electron chi connectivity index (χ4n) is 4.55. The first-order chi connectivity index (χ1) is 14.6. The van der Waals surface area contributed by atoms with Gasteiger partial charge in [-0.25, -0.2) is 0 Å². The summed E-state index contributed by atoms with van der Waals surface area (Å²) in [6.07, 6.45) is 2.03. The third-order valence-corrected chi connectivity index (χ3v) is 10.9. The first-order valence-corrected chi connectivity index (χ1v) is 13.3. The summed E-state index contributed by atoms with van der Waals surface area (Å²) in [5.74, 6) is -0.542. The van der Waals surface area contributed by atoms with Gasteiger partial charge < -0.3 is 0 Å². The fourth-order valence-corrected chi connectivity index (χ4v) is 8.04. The quantitative estimate of drug-likeness (QED) is 0.627. The number of carbonyl (C=O) groups excluding carboxylic acids is 2. The van der Waals surface area contributed by atoms with Crippen molar-refractivity contribution >= 4 is 30.3 Å². The molecular formula is C26H27NO2Si. The highest BCUT2D eigenvalue weighted by Gasteiger charge is 2.33. The zero-order chi connectivity index (χ0) is 21.0. The second-order valence-corrected chi connectivity index (χ2v) is 12.6. The van der Waals surface area contributed by atoms with E-state index in [2.05, 4.69) is 66.5 Å². The number of imide groups is 1. The third-order valence-electron chi connectivity index (χ3n) is 6.39. The van der Waals surface area contributed by atoms with Crippen molar-refractivity contribution < 1.29 is 9.59 Å². The Balaban J connectivity index is 1.45. The van der Waals surface area contributed by atoms with Gasteiger partial charge in [0, 0.05) is 6.42 Å². The van der Waals surface area contributed by atoms with Crippen LogP contribution in [0.4, 0.5) is 0 Å². The van der Waals surface area contributed by atoms with Crippen molar-refractivity contribution in [1.82, 2.24) is 5.32 Å². The summed E-state index contributed by atoms with van der Waals surface area (Å²) >= 11 is 0. The van der Waals surface area contributed by atoms with Crippen molar-refractivity contribution in [2.75, 3.05) is 0 Å². The maximum absolute atomic E-state index is 12.8. The Labute approximate surface area is 179 Å². The Morgan fingerprint density at radius 1 is 0.867 bits per heavy atom. The van der Waals surface area contributed by atoms with Gasteiger partial charge in [0.05, 0.1) is 5.92 Å². The van der Waals surface area contributed by atoms with Gasteiger partial charge in [-0.3, -0.25) is 14.9 Å². The number of hydrogen-bond donors (Lipinski definition) is 1. The molecule has 0 saturated heterocycles. The summed E-state index contributed by atoms with van der Waals surface area (Å²) in [5.41, 5.74) is 2.29. The highest BCUT2D eigenvalue weighted by atomic mass is 28.3. The van der Waals surface area contributed by atoms with Crippen molar-refractivity contribution in [3.05, 3.63) is 96.1 Å². The zero-order valence-electron chi connectivity index (χ0n) is 17.3. The molecule has 3 aromatic carbocycles. The molecule has 0 aliphatic heterocycles. The monoisotopic (exact) mass is 413 g/mol. The van der Waals surface area contributed by atoms with E-state index in [9.17, 15) is 9.59 Å². The van der Waals surface area contributed by atoms with Gasteiger partial charge in [0.1, 0.15) is 8.07 Å². The lowest BCUT2D eigenvalue weighted by molar-refractivity contribution is -0.131. The van der Waals surface area contributed by atoms with Crippen molar-refractivity contribution in [2.24, 2.45) is 0 Å². The molecule has 0 bridgehead atoms. The van der Waals surface area contributed by atoms with Gasteiger partial charge in [-0.1, -0.05) is 102 Å². The van der Waals surface area contributed by atoms with Crippen molar-refractivity contribution in [3.63, 3.8) is 0 Å². The summed E-state index contributed by atoms with van der Waals surface area (Å²) in [6, 6.07) is 29.7. The van der Waals surface area contributed by atoms with Crippen molar-refractivity contribution in [2.45, 2.75) is 37.8 Å². The number of carbonyl (C=O) groups is 2. The molecular weight excluding hydrogens is 386 g/mol. The van der Waals surface area contributed by atoms with Crippen LogP contribution in [0.1, 0.15) is 29.9 Å².